The van der Waals surface area contributed by atoms with Crippen molar-refractivity contribution in [1.29, 1.82) is 0 Å². The van der Waals surface area contributed by atoms with Gasteiger partial charge in [0.25, 0.3) is 5.91 Å². The number of hydrogen-bond acceptors (Lipinski definition) is 3. The van der Waals surface area contributed by atoms with Crippen molar-refractivity contribution in [3.63, 3.8) is 0 Å². The predicted molar refractivity (Wildman–Crippen MR) is 95.4 cm³/mol. The lowest BCUT2D eigenvalue weighted by Gasteiger charge is -2.09. The highest BCUT2D eigenvalue weighted by Gasteiger charge is 2.11. The second-order valence-electron chi connectivity index (χ2n) is 5.40. The van der Waals surface area contributed by atoms with E-state index in [1.165, 1.54) is 24.5 Å². The Balaban J connectivity index is 1.54. The van der Waals surface area contributed by atoms with E-state index in [0.29, 0.717) is 17.1 Å². The predicted octanol–water partition coefficient (Wildman–Crippen LogP) is 3.99. The summed E-state index contributed by atoms with van der Waals surface area (Å²) in [6.07, 6.45) is 1.53. The fraction of sp³-hybridized carbons (Fsp3) is 0.0526. The summed E-state index contributed by atoms with van der Waals surface area (Å²) in [6.45, 7) is 0.273. The van der Waals surface area contributed by atoms with E-state index in [2.05, 4.69) is 16.0 Å². The van der Waals surface area contributed by atoms with Crippen LogP contribution in [0.25, 0.3) is 0 Å². The lowest BCUT2D eigenvalue weighted by molar-refractivity contribution is 0.102. The highest BCUT2D eigenvalue weighted by Crippen LogP contribution is 2.15. The Hall–Kier alpha value is -3.61. The molecule has 2 aromatic carbocycles. The van der Waals surface area contributed by atoms with Crippen LogP contribution >= 0.6 is 0 Å². The molecule has 0 saturated heterocycles. The van der Waals surface area contributed by atoms with E-state index in [1.807, 2.05) is 0 Å². The average molecular weight is 353 g/mol. The van der Waals surface area contributed by atoms with Gasteiger partial charge in [0, 0.05) is 11.4 Å². The van der Waals surface area contributed by atoms with Gasteiger partial charge in [0.05, 0.1) is 18.4 Å². The number of benzene rings is 2. The lowest BCUT2D eigenvalue weighted by atomic mass is 10.2. The molecule has 3 rings (SSSR count). The van der Waals surface area contributed by atoms with Crippen molar-refractivity contribution in [3.8, 4) is 0 Å². The van der Waals surface area contributed by atoms with E-state index < -0.39 is 11.7 Å². The summed E-state index contributed by atoms with van der Waals surface area (Å²) in [6, 6.07) is 15.3. The number of rotatable bonds is 5. The Labute approximate surface area is 149 Å². The molecule has 3 amide bonds. The summed E-state index contributed by atoms with van der Waals surface area (Å²) >= 11 is 0. The van der Waals surface area contributed by atoms with Gasteiger partial charge in [-0.1, -0.05) is 12.1 Å². The number of amides is 3. The third-order valence-electron chi connectivity index (χ3n) is 3.52. The summed E-state index contributed by atoms with van der Waals surface area (Å²) in [5, 5.41) is 7.92. The van der Waals surface area contributed by atoms with E-state index in [-0.39, 0.29) is 18.1 Å². The molecular formula is C19H16FN3O3. The lowest BCUT2D eigenvalue weighted by Crippen LogP contribution is -2.27. The summed E-state index contributed by atoms with van der Waals surface area (Å²) in [5.41, 5.74) is 0.998. The molecule has 0 aliphatic rings. The van der Waals surface area contributed by atoms with Crippen LogP contribution in [0.2, 0.25) is 0 Å². The van der Waals surface area contributed by atoms with Gasteiger partial charge in [-0.05, 0) is 48.5 Å². The molecule has 0 radical (unpaired) electrons. The number of hydrogen-bond donors (Lipinski definition) is 3. The standard InChI is InChI=1S/C19H16FN3O3/c20-17-6-2-1-5-16(17)18(24)22-13-7-9-14(10-8-13)23-19(25)21-12-15-4-3-11-26-15/h1-11H,12H2,(H,22,24)(H2,21,23,25). The molecule has 0 spiro atoms. The number of halogens is 1. The van der Waals surface area contributed by atoms with Gasteiger partial charge < -0.3 is 20.4 Å². The van der Waals surface area contributed by atoms with E-state index in [9.17, 15) is 14.0 Å². The molecular weight excluding hydrogens is 337 g/mol. The van der Waals surface area contributed by atoms with E-state index in [4.69, 9.17) is 4.42 Å². The zero-order valence-corrected chi connectivity index (χ0v) is 13.7. The molecule has 6 nitrogen and oxygen atoms in total. The smallest absolute Gasteiger partial charge is 0.319 e. The van der Waals surface area contributed by atoms with Crippen molar-refractivity contribution in [3.05, 3.63) is 84.1 Å². The van der Waals surface area contributed by atoms with Crippen molar-refractivity contribution in [2.24, 2.45) is 0 Å². The van der Waals surface area contributed by atoms with E-state index in [1.54, 1.807) is 42.5 Å². The number of urea groups is 1. The number of anilines is 2. The second-order valence-corrected chi connectivity index (χ2v) is 5.40. The van der Waals surface area contributed by atoms with Crippen LogP contribution in [0.3, 0.4) is 0 Å². The number of nitrogens with one attached hydrogen (secondary N) is 3. The Morgan fingerprint density at radius 2 is 1.58 bits per heavy atom. The minimum Gasteiger partial charge on any atom is -0.467 e. The van der Waals surface area contributed by atoms with E-state index >= 15 is 0 Å². The molecule has 0 fully saturated rings. The van der Waals surface area contributed by atoms with Gasteiger partial charge in [-0.25, -0.2) is 9.18 Å². The molecule has 0 aliphatic heterocycles. The monoisotopic (exact) mass is 353 g/mol. The first-order chi connectivity index (χ1) is 12.6. The van der Waals surface area contributed by atoms with Crippen molar-refractivity contribution >= 4 is 23.3 Å². The fourth-order valence-electron chi connectivity index (χ4n) is 2.24. The molecule has 0 unspecified atom stereocenters. The van der Waals surface area contributed by atoms with E-state index in [0.717, 1.165) is 0 Å². The molecule has 0 bridgehead atoms. The molecule has 1 aromatic heterocycles. The first-order valence-corrected chi connectivity index (χ1v) is 7.85. The van der Waals surface area contributed by atoms with Crippen LogP contribution < -0.4 is 16.0 Å². The van der Waals surface area contributed by atoms with Gasteiger partial charge in [-0.2, -0.15) is 0 Å². The van der Waals surface area contributed by atoms with Crippen LogP contribution in [0.4, 0.5) is 20.6 Å². The first-order valence-electron chi connectivity index (χ1n) is 7.85. The van der Waals surface area contributed by atoms with Crippen LogP contribution in [0.1, 0.15) is 16.1 Å². The SMILES string of the molecule is O=C(NCc1ccco1)Nc1ccc(NC(=O)c2ccccc2F)cc1. The van der Waals surface area contributed by atoms with Crippen LogP contribution in [0.5, 0.6) is 0 Å². The quantitative estimate of drug-likeness (QED) is 0.648. The van der Waals surface area contributed by atoms with Crippen LogP contribution in [0, 0.1) is 5.82 Å². The van der Waals surface area contributed by atoms with Crippen LogP contribution in [-0.2, 0) is 6.54 Å². The van der Waals surface area contributed by atoms with Crippen molar-refractivity contribution in [1.82, 2.24) is 5.32 Å². The molecule has 132 valence electrons. The van der Waals surface area contributed by atoms with Crippen LogP contribution in [-0.4, -0.2) is 11.9 Å². The molecule has 3 aromatic rings. The highest BCUT2D eigenvalue weighted by atomic mass is 19.1. The number of carbonyl (C=O) groups excluding carboxylic acids is 2. The van der Waals surface area contributed by atoms with Gasteiger partial charge in [-0.15, -0.1) is 0 Å². The van der Waals surface area contributed by atoms with Gasteiger partial charge in [0.1, 0.15) is 11.6 Å². The largest absolute Gasteiger partial charge is 0.467 e. The normalized spacial score (nSPS) is 10.2. The Kier molecular flexibility index (Phi) is 5.28. The fourth-order valence-corrected chi connectivity index (χ4v) is 2.24. The summed E-state index contributed by atoms with van der Waals surface area (Å²) in [7, 11) is 0. The number of furan rings is 1. The highest BCUT2D eigenvalue weighted by molar-refractivity contribution is 6.04. The maximum atomic E-state index is 13.6. The zero-order chi connectivity index (χ0) is 18.4. The van der Waals surface area contributed by atoms with Crippen LogP contribution in [0.15, 0.2) is 71.3 Å². The van der Waals surface area contributed by atoms with Crippen molar-refractivity contribution in [2.75, 3.05) is 10.6 Å². The minimum absolute atomic E-state index is 0.0352. The average Bonchev–Trinajstić information content (AvgIpc) is 3.15. The first kappa shape index (κ1) is 17.2. The zero-order valence-electron chi connectivity index (χ0n) is 13.7. The molecule has 26 heavy (non-hydrogen) atoms. The Morgan fingerprint density at radius 3 is 2.23 bits per heavy atom. The summed E-state index contributed by atoms with van der Waals surface area (Å²) in [5.74, 6) is -0.483. The molecule has 0 atom stereocenters. The summed E-state index contributed by atoms with van der Waals surface area (Å²) < 4.78 is 18.7. The van der Waals surface area contributed by atoms with Crippen molar-refractivity contribution < 1.29 is 18.4 Å². The minimum atomic E-state index is -0.587. The maximum Gasteiger partial charge on any atom is 0.319 e. The van der Waals surface area contributed by atoms with Gasteiger partial charge >= 0.3 is 6.03 Å². The van der Waals surface area contributed by atoms with Crippen molar-refractivity contribution in [2.45, 2.75) is 6.54 Å². The Morgan fingerprint density at radius 1 is 0.885 bits per heavy atom. The molecule has 3 N–H and O–H groups in total. The molecule has 0 aliphatic carbocycles. The van der Waals surface area contributed by atoms with Gasteiger partial charge in [0.15, 0.2) is 0 Å². The molecule has 1 heterocycles. The third kappa shape index (κ3) is 4.47. The number of carbonyl (C=O) groups is 2. The third-order valence-corrected chi connectivity index (χ3v) is 3.52. The molecule has 7 heteroatoms. The topological polar surface area (TPSA) is 83.4 Å². The second kappa shape index (κ2) is 7.98. The Bertz CT molecular complexity index is 893. The maximum absolute atomic E-state index is 13.6. The van der Waals surface area contributed by atoms with Gasteiger partial charge in [0.2, 0.25) is 0 Å². The molecule has 0 saturated carbocycles. The van der Waals surface area contributed by atoms with Gasteiger partial charge in [-0.3, -0.25) is 4.79 Å². The summed E-state index contributed by atoms with van der Waals surface area (Å²) in [4.78, 5) is 23.9.